The van der Waals surface area contributed by atoms with Crippen LogP contribution in [-0.2, 0) is 11.2 Å². The first kappa shape index (κ1) is 17.6. The van der Waals surface area contributed by atoms with Crippen LogP contribution < -0.4 is 5.32 Å². The van der Waals surface area contributed by atoms with Gasteiger partial charge in [-0.3, -0.25) is 9.78 Å². The molecule has 1 amide bonds. The van der Waals surface area contributed by atoms with E-state index in [0.29, 0.717) is 18.7 Å². The summed E-state index contributed by atoms with van der Waals surface area (Å²) in [5.74, 6) is -0.162. The standard InChI is InChI=1S/C22H19N5O/c28-22(11-10-18-15-24-20-8-4-5-9-21(20)26-18)23-13-12-17-14-25-27(16-17)19-6-2-1-3-7-19/h1-11,14-16H,12-13H2,(H,23,28)/b11-10+. The molecule has 0 atom stereocenters. The van der Waals surface area contributed by atoms with Crippen LogP contribution in [0.2, 0.25) is 0 Å². The van der Waals surface area contributed by atoms with Crippen LogP contribution in [0.4, 0.5) is 0 Å². The third kappa shape index (κ3) is 4.29. The van der Waals surface area contributed by atoms with E-state index in [1.54, 1.807) is 12.3 Å². The molecule has 2 heterocycles. The van der Waals surface area contributed by atoms with Gasteiger partial charge in [0.1, 0.15) is 0 Å². The topological polar surface area (TPSA) is 72.7 Å². The minimum Gasteiger partial charge on any atom is -0.352 e. The Kier molecular flexibility index (Phi) is 5.20. The number of nitrogens with zero attached hydrogens (tertiary/aromatic N) is 4. The monoisotopic (exact) mass is 369 g/mol. The Morgan fingerprint density at radius 3 is 2.64 bits per heavy atom. The molecule has 0 saturated heterocycles. The molecule has 0 aliphatic heterocycles. The molecular weight excluding hydrogens is 350 g/mol. The molecule has 0 spiro atoms. The summed E-state index contributed by atoms with van der Waals surface area (Å²) < 4.78 is 1.83. The fourth-order valence-corrected chi connectivity index (χ4v) is 2.81. The first-order valence-corrected chi connectivity index (χ1v) is 9.04. The lowest BCUT2D eigenvalue weighted by Crippen LogP contribution is -2.23. The highest BCUT2D eigenvalue weighted by Crippen LogP contribution is 2.09. The maximum absolute atomic E-state index is 12.0. The molecule has 0 aliphatic rings. The Balaban J connectivity index is 1.29. The van der Waals surface area contributed by atoms with Crippen molar-refractivity contribution >= 4 is 23.0 Å². The molecule has 1 N–H and O–H groups in total. The number of carbonyl (C=O) groups excluding carboxylic acids is 1. The van der Waals surface area contributed by atoms with E-state index in [1.165, 1.54) is 6.08 Å². The van der Waals surface area contributed by atoms with Gasteiger partial charge >= 0.3 is 0 Å². The van der Waals surface area contributed by atoms with Crippen LogP contribution in [0, 0.1) is 0 Å². The zero-order valence-corrected chi connectivity index (χ0v) is 15.2. The number of amides is 1. The van der Waals surface area contributed by atoms with Crippen molar-refractivity contribution in [2.45, 2.75) is 6.42 Å². The Morgan fingerprint density at radius 2 is 1.79 bits per heavy atom. The van der Waals surface area contributed by atoms with E-state index in [9.17, 15) is 4.79 Å². The maximum atomic E-state index is 12.0. The van der Waals surface area contributed by atoms with Crippen LogP contribution in [0.5, 0.6) is 0 Å². The highest BCUT2D eigenvalue weighted by atomic mass is 16.1. The van der Waals surface area contributed by atoms with Crippen molar-refractivity contribution in [1.29, 1.82) is 0 Å². The smallest absolute Gasteiger partial charge is 0.244 e. The van der Waals surface area contributed by atoms with Gasteiger partial charge in [-0.25, -0.2) is 9.67 Å². The summed E-state index contributed by atoms with van der Waals surface area (Å²) in [7, 11) is 0. The average molecular weight is 369 g/mol. The molecular formula is C22H19N5O. The molecule has 4 aromatic rings. The molecule has 0 radical (unpaired) electrons. The number of nitrogens with one attached hydrogen (secondary N) is 1. The van der Waals surface area contributed by atoms with Crippen LogP contribution in [0.15, 0.2) is 79.3 Å². The zero-order chi connectivity index (χ0) is 19.2. The predicted molar refractivity (Wildman–Crippen MR) is 109 cm³/mol. The summed E-state index contributed by atoms with van der Waals surface area (Å²) in [6, 6.07) is 17.6. The molecule has 6 nitrogen and oxygen atoms in total. The van der Waals surface area contributed by atoms with Crippen molar-refractivity contribution in [1.82, 2.24) is 25.1 Å². The predicted octanol–water partition coefficient (Wildman–Crippen LogP) is 3.19. The summed E-state index contributed by atoms with van der Waals surface area (Å²) in [5, 5.41) is 7.24. The van der Waals surface area contributed by atoms with Gasteiger partial charge in [0.2, 0.25) is 5.91 Å². The van der Waals surface area contributed by atoms with Crippen molar-refractivity contribution in [3.63, 3.8) is 0 Å². The number of fused-ring (bicyclic) bond motifs is 1. The van der Waals surface area contributed by atoms with E-state index >= 15 is 0 Å². The Bertz CT molecular complexity index is 1120. The molecule has 0 unspecified atom stereocenters. The second-order valence-corrected chi connectivity index (χ2v) is 6.29. The summed E-state index contributed by atoms with van der Waals surface area (Å²) in [5.41, 5.74) is 4.37. The first-order chi connectivity index (χ1) is 13.8. The van der Waals surface area contributed by atoms with Gasteiger partial charge in [-0.15, -0.1) is 0 Å². The van der Waals surface area contributed by atoms with Crippen molar-refractivity contribution in [3.8, 4) is 5.69 Å². The molecule has 0 saturated carbocycles. The van der Waals surface area contributed by atoms with Crippen LogP contribution >= 0.6 is 0 Å². The maximum Gasteiger partial charge on any atom is 0.244 e. The van der Waals surface area contributed by atoms with Gasteiger partial charge in [0.05, 0.1) is 34.8 Å². The number of para-hydroxylation sites is 3. The van der Waals surface area contributed by atoms with Crippen LogP contribution in [0.25, 0.3) is 22.8 Å². The van der Waals surface area contributed by atoms with Crippen molar-refractivity contribution in [2.75, 3.05) is 6.54 Å². The van der Waals surface area contributed by atoms with Gasteiger partial charge < -0.3 is 5.32 Å². The van der Waals surface area contributed by atoms with Gasteiger partial charge in [-0.2, -0.15) is 5.10 Å². The molecule has 0 fully saturated rings. The first-order valence-electron chi connectivity index (χ1n) is 9.04. The normalized spacial score (nSPS) is 11.1. The molecule has 6 heteroatoms. The summed E-state index contributed by atoms with van der Waals surface area (Å²) in [6.45, 7) is 0.535. The van der Waals surface area contributed by atoms with E-state index in [4.69, 9.17) is 0 Å². The second kappa shape index (κ2) is 8.26. The van der Waals surface area contributed by atoms with Gasteiger partial charge in [0.15, 0.2) is 0 Å². The summed E-state index contributed by atoms with van der Waals surface area (Å²) in [4.78, 5) is 20.8. The summed E-state index contributed by atoms with van der Waals surface area (Å²) in [6.07, 6.45) is 9.31. The van der Waals surface area contributed by atoms with E-state index in [2.05, 4.69) is 20.4 Å². The van der Waals surface area contributed by atoms with Gasteiger partial charge in [-0.05, 0) is 42.3 Å². The summed E-state index contributed by atoms with van der Waals surface area (Å²) >= 11 is 0. The van der Waals surface area contributed by atoms with Crippen LogP contribution in [0.1, 0.15) is 11.3 Å². The molecule has 2 aromatic carbocycles. The second-order valence-electron chi connectivity index (χ2n) is 6.29. The van der Waals surface area contributed by atoms with Gasteiger partial charge in [0.25, 0.3) is 0 Å². The lowest BCUT2D eigenvalue weighted by molar-refractivity contribution is -0.116. The van der Waals surface area contributed by atoms with E-state index in [1.807, 2.05) is 71.7 Å². The molecule has 138 valence electrons. The highest BCUT2D eigenvalue weighted by molar-refractivity contribution is 5.91. The van der Waals surface area contributed by atoms with Crippen LogP contribution in [0.3, 0.4) is 0 Å². The molecule has 28 heavy (non-hydrogen) atoms. The zero-order valence-electron chi connectivity index (χ0n) is 15.2. The molecule has 0 bridgehead atoms. The Morgan fingerprint density at radius 1 is 1.00 bits per heavy atom. The fourth-order valence-electron chi connectivity index (χ4n) is 2.81. The molecule has 4 rings (SSSR count). The number of benzene rings is 2. The lowest BCUT2D eigenvalue weighted by atomic mass is 10.2. The Hall–Kier alpha value is -3.80. The number of hydrogen-bond acceptors (Lipinski definition) is 4. The number of aromatic nitrogens is 4. The van der Waals surface area contributed by atoms with Gasteiger partial charge in [-0.1, -0.05) is 30.3 Å². The minimum absolute atomic E-state index is 0.162. The lowest BCUT2D eigenvalue weighted by Gasteiger charge is -2.01. The Labute approximate surface area is 162 Å². The quantitative estimate of drug-likeness (QED) is 0.530. The van der Waals surface area contributed by atoms with Crippen molar-refractivity contribution in [3.05, 3.63) is 90.5 Å². The highest BCUT2D eigenvalue weighted by Gasteiger charge is 2.02. The third-order valence-corrected chi connectivity index (χ3v) is 4.24. The van der Waals surface area contributed by atoms with Crippen molar-refractivity contribution in [2.24, 2.45) is 0 Å². The van der Waals surface area contributed by atoms with Gasteiger partial charge in [0, 0.05) is 18.8 Å². The minimum atomic E-state index is -0.162. The van der Waals surface area contributed by atoms with Crippen LogP contribution in [-0.4, -0.2) is 32.2 Å². The number of carbonyl (C=O) groups is 1. The fraction of sp³-hybridized carbons (Fsp3) is 0.0909. The van der Waals surface area contributed by atoms with Crippen molar-refractivity contribution < 1.29 is 4.79 Å². The SMILES string of the molecule is O=C(/C=C/c1cnc2ccccc2n1)NCCc1cnn(-c2ccccc2)c1. The molecule has 0 aliphatic carbocycles. The van der Waals surface area contributed by atoms with E-state index in [-0.39, 0.29) is 5.91 Å². The average Bonchev–Trinajstić information content (AvgIpc) is 3.22. The van der Waals surface area contributed by atoms with E-state index in [0.717, 1.165) is 22.3 Å². The van der Waals surface area contributed by atoms with E-state index < -0.39 is 0 Å². The number of hydrogen-bond donors (Lipinski definition) is 1. The molecule has 2 aromatic heterocycles. The third-order valence-electron chi connectivity index (χ3n) is 4.24. The number of rotatable bonds is 6. The largest absolute Gasteiger partial charge is 0.352 e.